The Bertz CT molecular complexity index is 1110. The molecule has 0 fully saturated rings. The summed E-state index contributed by atoms with van der Waals surface area (Å²) in [7, 11) is 0. The summed E-state index contributed by atoms with van der Waals surface area (Å²) in [5.74, 6) is -1.53. The molecule has 0 radical (unpaired) electrons. The fourth-order valence-corrected chi connectivity index (χ4v) is 2.94. The maximum absolute atomic E-state index is 14.9. The van der Waals surface area contributed by atoms with Crippen molar-refractivity contribution in [3.8, 4) is 11.1 Å². The second-order valence-electron chi connectivity index (χ2n) is 5.33. The van der Waals surface area contributed by atoms with Crippen LogP contribution in [0.2, 0.25) is 0 Å². The number of hydrogen-bond donors (Lipinski definition) is 1. The molecule has 0 aliphatic carbocycles. The van der Waals surface area contributed by atoms with E-state index in [-0.39, 0.29) is 16.5 Å². The highest BCUT2D eigenvalue weighted by Crippen LogP contribution is 2.31. The van der Waals surface area contributed by atoms with Crippen molar-refractivity contribution < 1.29 is 8.78 Å². The Balaban J connectivity index is 2.17. The molecule has 0 spiro atoms. The van der Waals surface area contributed by atoms with Crippen LogP contribution in [0.3, 0.4) is 0 Å². The van der Waals surface area contributed by atoms with Crippen LogP contribution in [-0.2, 0) is 0 Å². The quantitative estimate of drug-likeness (QED) is 0.546. The third-order valence-electron chi connectivity index (χ3n) is 3.99. The molecule has 1 heterocycles. The summed E-state index contributed by atoms with van der Waals surface area (Å²) in [4.78, 5) is 15.0. The summed E-state index contributed by atoms with van der Waals surface area (Å²) >= 11 is 0. The molecule has 0 aliphatic heterocycles. The van der Waals surface area contributed by atoms with Crippen LogP contribution in [0.4, 0.5) is 8.78 Å². The molecule has 0 aliphatic rings. The van der Waals surface area contributed by atoms with Crippen LogP contribution < -0.4 is 5.56 Å². The average molecular weight is 307 g/mol. The van der Waals surface area contributed by atoms with Crippen LogP contribution in [0, 0.1) is 11.6 Å². The first-order valence-electron chi connectivity index (χ1n) is 7.15. The molecule has 112 valence electrons. The predicted molar refractivity (Wildman–Crippen MR) is 87.4 cm³/mol. The third kappa shape index (κ3) is 2.03. The molecule has 0 saturated carbocycles. The van der Waals surface area contributed by atoms with E-state index in [4.69, 9.17) is 0 Å². The van der Waals surface area contributed by atoms with Crippen molar-refractivity contribution in [2.75, 3.05) is 0 Å². The van der Waals surface area contributed by atoms with E-state index in [1.807, 2.05) is 30.3 Å². The molecule has 4 rings (SSSR count). The average Bonchev–Trinajstić information content (AvgIpc) is 2.55. The summed E-state index contributed by atoms with van der Waals surface area (Å²) in [5, 5.41) is 1.43. The Morgan fingerprint density at radius 3 is 2.43 bits per heavy atom. The van der Waals surface area contributed by atoms with Crippen molar-refractivity contribution in [3.63, 3.8) is 0 Å². The molecule has 4 heteroatoms. The van der Waals surface area contributed by atoms with Gasteiger partial charge in [0, 0.05) is 0 Å². The van der Waals surface area contributed by atoms with Crippen LogP contribution in [0.25, 0.3) is 32.8 Å². The third-order valence-corrected chi connectivity index (χ3v) is 3.99. The SMILES string of the molecule is O=c1[nH]c2cccc(F)c2c(F)c1-c1cccc2ccccc12. The lowest BCUT2D eigenvalue weighted by molar-refractivity contribution is 0.608. The van der Waals surface area contributed by atoms with Crippen LogP contribution >= 0.6 is 0 Å². The van der Waals surface area contributed by atoms with Gasteiger partial charge in [-0.15, -0.1) is 0 Å². The molecule has 0 saturated heterocycles. The number of benzene rings is 3. The van der Waals surface area contributed by atoms with Gasteiger partial charge in [-0.05, 0) is 28.5 Å². The number of aromatic amines is 1. The van der Waals surface area contributed by atoms with Crippen LogP contribution in [0.5, 0.6) is 0 Å². The standard InChI is InChI=1S/C19H11F2NO/c20-14-9-4-10-15-17(14)18(21)16(19(23)22-15)13-8-3-6-11-5-1-2-7-12(11)13/h1-10H,(H,22,23). The molecule has 0 bridgehead atoms. The van der Waals surface area contributed by atoms with E-state index in [0.29, 0.717) is 5.56 Å². The predicted octanol–water partition coefficient (Wildman–Crippen LogP) is 4.63. The summed E-state index contributed by atoms with van der Waals surface area (Å²) in [6.07, 6.45) is 0. The molecular weight excluding hydrogens is 296 g/mol. The number of H-pyrrole nitrogens is 1. The van der Waals surface area contributed by atoms with E-state index in [0.717, 1.165) is 10.8 Å². The van der Waals surface area contributed by atoms with Gasteiger partial charge in [-0.25, -0.2) is 8.78 Å². The number of pyridine rings is 1. The zero-order valence-corrected chi connectivity index (χ0v) is 11.9. The molecule has 3 aromatic carbocycles. The molecule has 0 unspecified atom stereocenters. The van der Waals surface area contributed by atoms with E-state index in [1.165, 1.54) is 18.2 Å². The van der Waals surface area contributed by atoms with Gasteiger partial charge in [0.2, 0.25) is 0 Å². The van der Waals surface area contributed by atoms with Crippen LogP contribution in [-0.4, -0.2) is 4.98 Å². The van der Waals surface area contributed by atoms with Gasteiger partial charge in [-0.2, -0.15) is 0 Å². The highest BCUT2D eigenvalue weighted by Gasteiger charge is 2.18. The number of halogens is 2. The molecule has 0 atom stereocenters. The monoisotopic (exact) mass is 307 g/mol. The Morgan fingerprint density at radius 2 is 1.57 bits per heavy atom. The summed E-state index contributed by atoms with van der Waals surface area (Å²) < 4.78 is 29.0. The Labute approximate surface area is 130 Å². The van der Waals surface area contributed by atoms with Crippen molar-refractivity contribution >= 4 is 21.7 Å². The number of rotatable bonds is 1. The first kappa shape index (κ1) is 13.6. The fraction of sp³-hybridized carbons (Fsp3) is 0. The maximum atomic E-state index is 14.9. The summed E-state index contributed by atoms with van der Waals surface area (Å²) in [6, 6.07) is 16.8. The van der Waals surface area contributed by atoms with E-state index in [2.05, 4.69) is 4.98 Å². The lowest BCUT2D eigenvalue weighted by Crippen LogP contribution is -2.12. The van der Waals surface area contributed by atoms with E-state index >= 15 is 0 Å². The van der Waals surface area contributed by atoms with Gasteiger partial charge in [0.15, 0.2) is 0 Å². The Morgan fingerprint density at radius 1 is 0.826 bits per heavy atom. The van der Waals surface area contributed by atoms with Crippen molar-refractivity contribution in [3.05, 3.63) is 82.7 Å². The number of nitrogens with one attached hydrogen (secondary N) is 1. The lowest BCUT2D eigenvalue weighted by Gasteiger charge is -2.09. The van der Waals surface area contributed by atoms with Gasteiger partial charge < -0.3 is 4.98 Å². The Hall–Kier alpha value is -3.01. The molecule has 23 heavy (non-hydrogen) atoms. The van der Waals surface area contributed by atoms with E-state index in [1.54, 1.807) is 12.1 Å². The van der Waals surface area contributed by atoms with Gasteiger partial charge in [-0.3, -0.25) is 4.79 Å². The molecule has 1 aromatic heterocycles. The number of fused-ring (bicyclic) bond motifs is 2. The van der Waals surface area contributed by atoms with Crippen molar-refractivity contribution in [2.24, 2.45) is 0 Å². The molecule has 0 amide bonds. The molecular formula is C19H11F2NO. The lowest BCUT2D eigenvalue weighted by atomic mass is 9.97. The highest BCUT2D eigenvalue weighted by atomic mass is 19.1. The van der Waals surface area contributed by atoms with E-state index < -0.39 is 17.2 Å². The zero-order chi connectivity index (χ0) is 16.0. The van der Waals surface area contributed by atoms with Crippen molar-refractivity contribution in [1.82, 2.24) is 4.98 Å². The molecule has 1 N–H and O–H groups in total. The largest absolute Gasteiger partial charge is 0.321 e. The van der Waals surface area contributed by atoms with Gasteiger partial charge >= 0.3 is 0 Å². The number of aromatic nitrogens is 1. The minimum atomic E-state index is -0.835. The van der Waals surface area contributed by atoms with Crippen molar-refractivity contribution in [1.29, 1.82) is 0 Å². The van der Waals surface area contributed by atoms with Gasteiger partial charge in [-0.1, -0.05) is 48.5 Å². The topological polar surface area (TPSA) is 32.9 Å². The van der Waals surface area contributed by atoms with Gasteiger partial charge in [0.25, 0.3) is 5.56 Å². The number of hydrogen-bond acceptors (Lipinski definition) is 1. The minimum Gasteiger partial charge on any atom is -0.321 e. The van der Waals surface area contributed by atoms with Gasteiger partial charge in [0.1, 0.15) is 11.6 Å². The first-order chi connectivity index (χ1) is 11.2. The highest BCUT2D eigenvalue weighted by molar-refractivity contribution is 5.98. The second kappa shape index (κ2) is 5.02. The van der Waals surface area contributed by atoms with Crippen LogP contribution in [0.1, 0.15) is 0 Å². The van der Waals surface area contributed by atoms with Crippen LogP contribution in [0.15, 0.2) is 65.5 Å². The van der Waals surface area contributed by atoms with Crippen molar-refractivity contribution in [2.45, 2.75) is 0 Å². The normalized spacial score (nSPS) is 11.2. The second-order valence-corrected chi connectivity index (χ2v) is 5.33. The zero-order valence-electron chi connectivity index (χ0n) is 11.9. The minimum absolute atomic E-state index is 0.139. The van der Waals surface area contributed by atoms with E-state index in [9.17, 15) is 13.6 Å². The fourth-order valence-electron chi connectivity index (χ4n) is 2.94. The van der Waals surface area contributed by atoms with Gasteiger partial charge in [0.05, 0.1) is 16.5 Å². The molecule has 4 aromatic rings. The summed E-state index contributed by atoms with van der Waals surface area (Å²) in [6.45, 7) is 0. The summed E-state index contributed by atoms with van der Waals surface area (Å²) in [5.41, 5.74) is -0.111. The maximum Gasteiger partial charge on any atom is 0.259 e. The smallest absolute Gasteiger partial charge is 0.259 e. The first-order valence-corrected chi connectivity index (χ1v) is 7.15. The molecule has 2 nitrogen and oxygen atoms in total. The Kier molecular flexibility index (Phi) is 2.98.